The van der Waals surface area contributed by atoms with Crippen LogP contribution in [0, 0.1) is 11.3 Å². The van der Waals surface area contributed by atoms with E-state index in [4.69, 9.17) is 5.73 Å². The van der Waals surface area contributed by atoms with E-state index in [9.17, 15) is 0 Å². The Balaban J connectivity index is 2.64. The van der Waals surface area contributed by atoms with Crippen molar-refractivity contribution in [1.29, 1.82) is 0 Å². The highest BCUT2D eigenvalue weighted by Gasteiger charge is 2.42. The van der Waals surface area contributed by atoms with Crippen molar-refractivity contribution in [2.75, 3.05) is 0 Å². The van der Waals surface area contributed by atoms with Crippen molar-refractivity contribution < 1.29 is 0 Å². The molecule has 1 fully saturated rings. The second-order valence-electron chi connectivity index (χ2n) is 6.85. The van der Waals surface area contributed by atoms with Crippen LogP contribution < -0.4 is 5.73 Å². The van der Waals surface area contributed by atoms with E-state index in [1.54, 1.807) is 0 Å². The molecule has 0 bridgehead atoms. The molecular weight excluding hydrogens is 194 g/mol. The first kappa shape index (κ1) is 14.0. The van der Waals surface area contributed by atoms with Crippen molar-refractivity contribution >= 4 is 0 Å². The van der Waals surface area contributed by atoms with Gasteiger partial charge in [0.2, 0.25) is 0 Å². The lowest BCUT2D eigenvalue weighted by atomic mass is 9.61. The molecule has 1 nitrogen and oxygen atoms in total. The number of unbranched alkanes of at least 4 members (excludes halogenated alkanes) is 2. The van der Waals surface area contributed by atoms with Gasteiger partial charge >= 0.3 is 0 Å². The van der Waals surface area contributed by atoms with E-state index in [0.29, 0.717) is 11.3 Å². The predicted molar refractivity (Wildman–Crippen MR) is 72.5 cm³/mol. The zero-order chi connectivity index (χ0) is 12.2. The fraction of sp³-hybridized carbons (Fsp3) is 1.00. The molecule has 0 aromatic rings. The molecule has 1 rings (SSSR count). The van der Waals surface area contributed by atoms with Crippen LogP contribution in [0.1, 0.15) is 79.1 Å². The first-order valence-corrected chi connectivity index (χ1v) is 7.19. The molecule has 2 unspecified atom stereocenters. The third-order valence-electron chi connectivity index (χ3n) is 4.37. The highest BCUT2D eigenvalue weighted by atomic mass is 14.8. The molecule has 0 aromatic heterocycles. The molecule has 1 aliphatic rings. The predicted octanol–water partition coefficient (Wildman–Crippen LogP) is 4.50. The summed E-state index contributed by atoms with van der Waals surface area (Å²) in [6.07, 6.45) is 10.5. The smallest absolute Gasteiger partial charge is 0.0187 e. The quantitative estimate of drug-likeness (QED) is 0.700. The van der Waals surface area contributed by atoms with Crippen LogP contribution in [0.15, 0.2) is 0 Å². The first-order chi connectivity index (χ1) is 7.40. The lowest BCUT2D eigenvalue weighted by Gasteiger charge is -2.48. The lowest BCUT2D eigenvalue weighted by molar-refractivity contribution is 0.0711. The Kier molecular flexibility index (Phi) is 4.85. The maximum Gasteiger partial charge on any atom is 0.0187 e. The summed E-state index contributed by atoms with van der Waals surface area (Å²) in [6.45, 7) is 9.37. The molecule has 1 heteroatoms. The van der Waals surface area contributed by atoms with Crippen LogP contribution in [0.5, 0.6) is 0 Å². The van der Waals surface area contributed by atoms with Gasteiger partial charge in [0.1, 0.15) is 0 Å². The van der Waals surface area contributed by atoms with Gasteiger partial charge in [-0.15, -0.1) is 0 Å². The Bertz CT molecular complexity index is 204. The van der Waals surface area contributed by atoms with Crippen molar-refractivity contribution in [1.82, 2.24) is 0 Å². The van der Waals surface area contributed by atoms with Crippen molar-refractivity contribution in [3.05, 3.63) is 0 Å². The van der Waals surface area contributed by atoms with Crippen LogP contribution in [0.4, 0.5) is 0 Å². The molecule has 0 saturated heterocycles. The summed E-state index contributed by atoms with van der Waals surface area (Å²) in [7, 11) is 0. The average Bonchev–Trinajstić information content (AvgIpc) is 2.16. The maximum atomic E-state index is 6.73. The maximum absolute atomic E-state index is 6.73. The van der Waals surface area contributed by atoms with E-state index in [0.717, 1.165) is 0 Å². The first-order valence-electron chi connectivity index (χ1n) is 7.19. The van der Waals surface area contributed by atoms with Gasteiger partial charge in [0.25, 0.3) is 0 Å². The van der Waals surface area contributed by atoms with Crippen LogP contribution in [-0.4, -0.2) is 5.54 Å². The molecular formula is C15H31N. The minimum atomic E-state index is 0.131. The number of nitrogens with two attached hydrogens (primary N) is 1. The summed E-state index contributed by atoms with van der Waals surface area (Å²) in [5.74, 6) is 0.714. The third kappa shape index (κ3) is 3.48. The van der Waals surface area contributed by atoms with Gasteiger partial charge in [0, 0.05) is 5.54 Å². The summed E-state index contributed by atoms with van der Waals surface area (Å²) in [5.41, 5.74) is 7.24. The van der Waals surface area contributed by atoms with E-state index in [-0.39, 0.29) is 5.54 Å². The Morgan fingerprint density at radius 2 is 1.88 bits per heavy atom. The van der Waals surface area contributed by atoms with Gasteiger partial charge in [0.05, 0.1) is 0 Å². The zero-order valence-electron chi connectivity index (χ0n) is 11.8. The lowest BCUT2D eigenvalue weighted by Crippen LogP contribution is -2.53. The number of hydrogen-bond acceptors (Lipinski definition) is 1. The zero-order valence-corrected chi connectivity index (χ0v) is 11.8. The third-order valence-corrected chi connectivity index (χ3v) is 4.37. The van der Waals surface area contributed by atoms with E-state index < -0.39 is 0 Å². The topological polar surface area (TPSA) is 26.0 Å². The molecule has 1 aliphatic carbocycles. The second-order valence-corrected chi connectivity index (χ2v) is 6.85. The molecule has 0 heterocycles. The molecule has 0 spiro atoms. The minimum Gasteiger partial charge on any atom is -0.325 e. The molecule has 16 heavy (non-hydrogen) atoms. The van der Waals surface area contributed by atoms with Gasteiger partial charge in [0.15, 0.2) is 0 Å². The molecule has 0 aromatic carbocycles. The van der Waals surface area contributed by atoms with Gasteiger partial charge in [-0.2, -0.15) is 0 Å². The van der Waals surface area contributed by atoms with Crippen LogP contribution in [0.3, 0.4) is 0 Å². The highest BCUT2D eigenvalue weighted by Crippen LogP contribution is 2.45. The standard InChI is InChI=1S/C15H31N/c1-5-6-8-11-15(16)12-9-7-10-13(15)14(2,3)4/h13H,5-12,16H2,1-4H3. The van der Waals surface area contributed by atoms with Crippen molar-refractivity contribution in [2.24, 2.45) is 17.1 Å². The highest BCUT2D eigenvalue weighted by molar-refractivity contribution is 4.98. The van der Waals surface area contributed by atoms with E-state index in [1.165, 1.54) is 51.4 Å². The fourth-order valence-electron chi connectivity index (χ4n) is 3.56. The molecule has 2 atom stereocenters. The van der Waals surface area contributed by atoms with Crippen LogP contribution in [0.2, 0.25) is 0 Å². The summed E-state index contributed by atoms with van der Waals surface area (Å²) in [4.78, 5) is 0. The van der Waals surface area contributed by atoms with E-state index >= 15 is 0 Å². The summed E-state index contributed by atoms with van der Waals surface area (Å²) >= 11 is 0. The van der Waals surface area contributed by atoms with E-state index in [2.05, 4.69) is 27.7 Å². The van der Waals surface area contributed by atoms with E-state index in [1.807, 2.05) is 0 Å². The Hall–Kier alpha value is -0.0400. The van der Waals surface area contributed by atoms with Crippen LogP contribution >= 0.6 is 0 Å². The molecule has 96 valence electrons. The van der Waals surface area contributed by atoms with Gasteiger partial charge < -0.3 is 5.73 Å². The second kappa shape index (κ2) is 5.53. The largest absolute Gasteiger partial charge is 0.325 e. The average molecular weight is 225 g/mol. The summed E-state index contributed by atoms with van der Waals surface area (Å²) in [5, 5.41) is 0. The monoisotopic (exact) mass is 225 g/mol. The molecule has 1 saturated carbocycles. The van der Waals surface area contributed by atoms with Gasteiger partial charge in [-0.25, -0.2) is 0 Å². The molecule has 0 amide bonds. The fourth-order valence-corrected chi connectivity index (χ4v) is 3.56. The Labute approximate surface area is 102 Å². The van der Waals surface area contributed by atoms with Gasteiger partial charge in [-0.05, 0) is 30.6 Å². The van der Waals surface area contributed by atoms with Crippen LogP contribution in [-0.2, 0) is 0 Å². The normalized spacial score (nSPS) is 31.7. The molecule has 0 aliphatic heterocycles. The molecule has 0 radical (unpaired) electrons. The SMILES string of the molecule is CCCCCC1(N)CCCCC1C(C)(C)C. The Morgan fingerprint density at radius 3 is 2.44 bits per heavy atom. The van der Waals surface area contributed by atoms with Gasteiger partial charge in [-0.3, -0.25) is 0 Å². The number of hydrogen-bond donors (Lipinski definition) is 1. The van der Waals surface area contributed by atoms with Crippen molar-refractivity contribution in [3.63, 3.8) is 0 Å². The summed E-state index contributed by atoms with van der Waals surface area (Å²) < 4.78 is 0. The number of rotatable bonds is 4. The van der Waals surface area contributed by atoms with Gasteiger partial charge in [-0.1, -0.05) is 59.8 Å². The molecule has 2 N–H and O–H groups in total. The van der Waals surface area contributed by atoms with Crippen LogP contribution in [0.25, 0.3) is 0 Å². The van der Waals surface area contributed by atoms with Crippen molar-refractivity contribution in [2.45, 2.75) is 84.6 Å². The minimum absolute atomic E-state index is 0.131. The van der Waals surface area contributed by atoms with Crippen molar-refractivity contribution in [3.8, 4) is 0 Å². The Morgan fingerprint density at radius 1 is 1.19 bits per heavy atom. The summed E-state index contributed by atoms with van der Waals surface area (Å²) in [6, 6.07) is 0.